The maximum absolute atomic E-state index is 5.21. The Morgan fingerprint density at radius 3 is 2.85 bits per heavy atom. The van der Waals surface area contributed by atoms with E-state index in [1.165, 1.54) is 20.5 Å². The van der Waals surface area contributed by atoms with Crippen molar-refractivity contribution >= 4 is 32.4 Å². The first-order chi connectivity index (χ1) is 9.88. The molecule has 20 heavy (non-hydrogen) atoms. The van der Waals surface area contributed by atoms with E-state index < -0.39 is 0 Å². The molecule has 0 bridgehead atoms. The molecule has 4 aromatic rings. The number of hydrogen-bond acceptors (Lipinski definition) is 3. The molecule has 0 radical (unpaired) electrons. The van der Waals surface area contributed by atoms with Gasteiger partial charge in [0, 0.05) is 15.0 Å². The Hall–Kier alpha value is -2.13. The normalized spacial score (nSPS) is 11.4. The van der Waals surface area contributed by atoms with Crippen LogP contribution in [-0.4, -0.2) is 5.16 Å². The minimum absolute atomic E-state index is 0.874. The van der Waals surface area contributed by atoms with E-state index in [4.69, 9.17) is 4.52 Å². The summed E-state index contributed by atoms with van der Waals surface area (Å²) in [6, 6.07) is 17.2. The second-order valence-corrected chi connectivity index (χ2v) is 6.12. The number of nitrogens with zero attached hydrogens (tertiary/aromatic N) is 1. The molecule has 0 spiro atoms. The number of hydrogen-bond donors (Lipinski definition) is 0. The maximum atomic E-state index is 5.21. The van der Waals surface area contributed by atoms with Gasteiger partial charge in [-0.15, -0.1) is 11.3 Å². The molecule has 0 fully saturated rings. The Balaban J connectivity index is 1.56. The van der Waals surface area contributed by atoms with Crippen molar-refractivity contribution in [2.24, 2.45) is 0 Å². The first kappa shape index (κ1) is 11.7. The summed E-state index contributed by atoms with van der Waals surface area (Å²) in [6.07, 6.45) is 3.85. The van der Waals surface area contributed by atoms with Gasteiger partial charge in [0.05, 0.1) is 6.20 Å². The molecule has 0 saturated heterocycles. The molecule has 0 aliphatic heterocycles. The minimum atomic E-state index is 0.874. The molecule has 4 rings (SSSR count). The van der Waals surface area contributed by atoms with E-state index in [2.05, 4.69) is 53.7 Å². The zero-order chi connectivity index (χ0) is 13.4. The second-order valence-electron chi connectivity index (χ2n) is 4.95. The summed E-state index contributed by atoms with van der Waals surface area (Å²) in [7, 11) is 0. The predicted octanol–water partition coefficient (Wildman–Crippen LogP) is 4.83. The summed E-state index contributed by atoms with van der Waals surface area (Å²) in [4.78, 5) is 1.43. The molecule has 2 heterocycles. The lowest BCUT2D eigenvalue weighted by atomic mass is 10.1. The standard InChI is InChI=1S/C17H13NOS/c1-2-4-17-13(3-1)10-15(20-17)8-6-12-5-7-14-11-18-19-16(14)9-12/h1-5,7,9-11H,6,8H2. The first-order valence-electron chi connectivity index (χ1n) is 6.69. The summed E-state index contributed by atoms with van der Waals surface area (Å²) in [5.74, 6) is 0. The van der Waals surface area contributed by atoms with Crippen LogP contribution in [0, 0.1) is 0 Å². The van der Waals surface area contributed by atoms with Crippen molar-refractivity contribution in [1.29, 1.82) is 0 Å². The van der Waals surface area contributed by atoms with Gasteiger partial charge in [0.25, 0.3) is 0 Å². The van der Waals surface area contributed by atoms with Crippen molar-refractivity contribution in [3.05, 3.63) is 65.2 Å². The summed E-state index contributed by atoms with van der Waals surface area (Å²) < 4.78 is 6.58. The molecule has 0 atom stereocenters. The van der Waals surface area contributed by atoms with Crippen molar-refractivity contribution in [2.75, 3.05) is 0 Å². The lowest BCUT2D eigenvalue weighted by Gasteiger charge is -1.99. The third-order valence-electron chi connectivity index (χ3n) is 3.56. The molecule has 2 aromatic carbocycles. The predicted molar refractivity (Wildman–Crippen MR) is 83.2 cm³/mol. The van der Waals surface area contributed by atoms with E-state index in [1.807, 2.05) is 11.3 Å². The Morgan fingerprint density at radius 2 is 1.90 bits per heavy atom. The fourth-order valence-corrected chi connectivity index (χ4v) is 3.55. The number of aryl methyl sites for hydroxylation is 2. The zero-order valence-electron chi connectivity index (χ0n) is 10.9. The highest BCUT2D eigenvalue weighted by atomic mass is 32.1. The van der Waals surface area contributed by atoms with Crippen molar-refractivity contribution in [3.8, 4) is 0 Å². The highest BCUT2D eigenvalue weighted by Gasteiger charge is 2.04. The Morgan fingerprint density at radius 1 is 0.950 bits per heavy atom. The monoisotopic (exact) mass is 279 g/mol. The lowest BCUT2D eigenvalue weighted by molar-refractivity contribution is 0.456. The molecule has 0 N–H and O–H groups in total. The van der Waals surface area contributed by atoms with Gasteiger partial charge in [-0.1, -0.05) is 29.4 Å². The van der Waals surface area contributed by atoms with Crippen LogP contribution < -0.4 is 0 Å². The van der Waals surface area contributed by atoms with Crippen LogP contribution in [-0.2, 0) is 12.8 Å². The highest BCUT2D eigenvalue weighted by molar-refractivity contribution is 7.19. The smallest absolute Gasteiger partial charge is 0.167 e. The molecule has 3 heteroatoms. The quantitative estimate of drug-likeness (QED) is 0.537. The molecule has 0 unspecified atom stereocenters. The molecular formula is C17H13NOS. The SMILES string of the molecule is c1ccc2sc(CCc3ccc4cnoc4c3)cc2c1. The number of aromatic nitrogens is 1. The van der Waals surface area contributed by atoms with Gasteiger partial charge in [-0.05, 0) is 48.1 Å². The van der Waals surface area contributed by atoms with E-state index in [0.29, 0.717) is 0 Å². The molecule has 0 aliphatic carbocycles. The summed E-state index contributed by atoms with van der Waals surface area (Å²) in [5.41, 5.74) is 2.17. The Labute approximate surface area is 120 Å². The van der Waals surface area contributed by atoms with Gasteiger partial charge >= 0.3 is 0 Å². The summed E-state index contributed by atoms with van der Waals surface area (Å²) >= 11 is 1.89. The number of rotatable bonds is 3. The van der Waals surface area contributed by atoms with Crippen LogP contribution in [0.25, 0.3) is 21.1 Å². The topological polar surface area (TPSA) is 26.0 Å². The average molecular weight is 279 g/mol. The van der Waals surface area contributed by atoms with E-state index in [1.54, 1.807) is 6.20 Å². The van der Waals surface area contributed by atoms with Crippen molar-refractivity contribution < 1.29 is 4.52 Å². The molecule has 2 aromatic heterocycles. The van der Waals surface area contributed by atoms with Crippen LogP contribution in [0.5, 0.6) is 0 Å². The third-order valence-corrected chi connectivity index (χ3v) is 4.73. The van der Waals surface area contributed by atoms with Gasteiger partial charge in [0.15, 0.2) is 5.58 Å². The largest absolute Gasteiger partial charge is 0.356 e. The van der Waals surface area contributed by atoms with Crippen LogP contribution in [0.1, 0.15) is 10.4 Å². The molecule has 98 valence electrons. The van der Waals surface area contributed by atoms with E-state index in [0.717, 1.165) is 23.8 Å². The second kappa shape index (κ2) is 4.76. The fraction of sp³-hybridized carbons (Fsp3) is 0.118. The van der Waals surface area contributed by atoms with Gasteiger partial charge in [-0.2, -0.15) is 0 Å². The number of benzene rings is 2. The molecule has 0 saturated carbocycles. The summed E-state index contributed by atoms with van der Waals surface area (Å²) in [5, 5.41) is 6.23. The van der Waals surface area contributed by atoms with Gasteiger partial charge in [0.1, 0.15) is 0 Å². The van der Waals surface area contributed by atoms with E-state index >= 15 is 0 Å². The van der Waals surface area contributed by atoms with E-state index in [-0.39, 0.29) is 0 Å². The van der Waals surface area contributed by atoms with E-state index in [9.17, 15) is 0 Å². The van der Waals surface area contributed by atoms with Gasteiger partial charge in [-0.3, -0.25) is 0 Å². The van der Waals surface area contributed by atoms with Crippen molar-refractivity contribution in [2.45, 2.75) is 12.8 Å². The first-order valence-corrected chi connectivity index (χ1v) is 7.51. The zero-order valence-corrected chi connectivity index (χ0v) is 11.7. The number of fused-ring (bicyclic) bond motifs is 2. The minimum Gasteiger partial charge on any atom is -0.356 e. The Bertz CT molecular complexity index is 840. The van der Waals surface area contributed by atoms with Gasteiger partial charge in [-0.25, -0.2) is 0 Å². The van der Waals surface area contributed by atoms with Gasteiger partial charge < -0.3 is 4.52 Å². The van der Waals surface area contributed by atoms with Crippen LogP contribution in [0.4, 0.5) is 0 Å². The van der Waals surface area contributed by atoms with Crippen molar-refractivity contribution in [1.82, 2.24) is 5.16 Å². The van der Waals surface area contributed by atoms with Crippen molar-refractivity contribution in [3.63, 3.8) is 0 Å². The lowest BCUT2D eigenvalue weighted by Crippen LogP contribution is -1.88. The highest BCUT2D eigenvalue weighted by Crippen LogP contribution is 2.26. The van der Waals surface area contributed by atoms with Crippen LogP contribution >= 0.6 is 11.3 Å². The van der Waals surface area contributed by atoms with Crippen LogP contribution in [0.2, 0.25) is 0 Å². The number of thiophene rings is 1. The van der Waals surface area contributed by atoms with Crippen LogP contribution in [0.15, 0.2) is 59.3 Å². The fourth-order valence-electron chi connectivity index (χ4n) is 2.49. The third kappa shape index (κ3) is 2.10. The molecule has 0 amide bonds. The maximum Gasteiger partial charge on any atom is 0.167 e. The van der Waals surface area contributed by atoms with Crippen LogP contribution in [0.3, 0.4) is 0 Å². The van der Waals surface area contributed by atoms with Gasteiger partial charge in [0.2, 0.25) is 0 Å². The molecular weight excluding hydrogens is 266 g/mol. The average Bonchev–Trinajstić information content (AvgIpc) is 3.10. The molecule has 0 aliphatic rings. The Kier molecular flexibility index (Phi) is 2.78. The summed E-state index contributed by atoms with van der Waals surface area (Å²) in [6.45, 7) is 0. The molecule has 2 nitrogen and oxygen atoms in total.